The van der Waals surface area contributed by atoms with Crippen molar-refractivity contribution in [1.29, 1.82) is 0 Å². The van der Waals surface area contributed by atoms with Gasteiger partial charge in [0.2, 0.25) is 0 Å². The summed E-state index contributed by atoms with van der Waals surface area (Å²) in [6, 6.07) is 12.8. The third kappa shape index (κ3) is 5.27. The Morgan fingerprint density at radius 2 is 1.85 bits per heavy atom. The Kier molecular flexibility index (Phi) is 7.42. The topological polar surface area (TPSA) is 56.6 Å². The molecular weight excluding hydrogens is 448 g/mol. The number of fused-ring (bicyclic) bond motifs is 1. The van der Waals surface area contributed by atoms with Crippen LogP contribution < -0.4 is 9.80 Å². The minimum atomic E-state index is 0.344. The van der Waals surface area contributed by atoms with E-state index in [1.807, 2.05) is 30.6 Å². The van der Waals surface area contributed by atoms with Crippen molar-refractivity contribution < 1.29 is 4.74 Å². The van der Waals surface area contributed by atoms with Gasteiger partial charge in [-0.15, -0.1) is 5.10 Å². The highest BCUT2D eigenvalue weighted by atomic mass is 35.5. The maximum Gasteiger partial charge on any atom is 0.134 e. The molecule has 3 aliphatic rings. The molecule has 0 spiro atoms. The van der Waals surface area contributed by atoms with Gasteiger partial charge >= 0.3 is 0 Å². The SMILES string of the molecule is CN1/C(C2CCN(c3ccccn3)CC2)=N\N=C\CN(C2CCOCC2)Cc2cc(Cl)ccc21. The number of piperidine rings is 1. The zero-order chi connectivity index (χ0) is 23.3. The van der Waals surface area contributed by atoms with Crippen LogP contribution in [0.2, 0.25) is 5.02 Å². The van der Waals surface area contributed by atoms with Gasteiger partial charge in [0.05, 0.1) is 0 Å². The second-order valence-electron chi connectivity index (χ2n) is 9.31. The molecule has 0 saturated carbocycles. The molecule has 2 aromatic rings. The van der Waals surface area contributed by atoms with Crippen LogP contribution in [0.5, 0.6) is 0 Å². The smallest absolute Gasteiger partial charge is 0.134 e. The normalized spacial score (nSPS) is 23.8. The molecule has 180 valence electrons. The summed E-state index contributed by atoms with van der Waals surface area (Å²) in [7, 11) is 2.12. The van der Waals surface area contributed by atoms with Gasteiger partial charge in [0.25, 0.3) is 0 Å². The summed E-state index contributed by atoms with van der Waals surface area (Å²) in [4.78, 5) is 11.6. The quantitative estimate of drug-likeness (QED) is 0.648. The highest BCUT2D eigenvalue weighted by Gasteiger charge is 2.29. The largest absolute Gasteiger partial charge is 0.381 e. The number of pyridine rings is 1. The van der Waals surface area contributed by atoms with Gasteiger partial charge in [-0.05, 0) is 61.6 Å². The Bertz CT molecular complexity index is 1020. The van der Waals surface area contributed by atoms with E-state index in [9.17, 15) is 0 Å². The third-order valence-corrected chi connectivity index (χ3v) is 7.45. The maximum atomic E-state index is 6.46. The third-order valence-electron chi connectivity index (χ3n) is 7.22. The monoisotopic (exact) mass is 480 g/mol. The van der Waals surface area contributed by atoms with E-state index in [1.165, 1.54) is 5.56 Å². The molecular formula is C26H33ClN6O. The van der Waals surface area contributed by atoms with Crippen molar-refractivity contribution in [3.63, 3.8) is 0 Å². The fourth-order valence-electron chi connectivity index (χ4n) is 5.31. The standard InChI is InChI=1S/C26H33ClN6O/c1-31-24-6-5-22(27)18-21(24)19-33(23-9-16-34-17-10-23)15-12-29-30-26(31)20-7-13-32(14-8-20)25-4-2-3-11-28-25/h2-6,11-12,18,20,23H,7-10,13-17,19H2,1H3/b29-12+,30-26-. The predicted molar refractivity (Wildman–Crippen MR) is 139 cm³/mol. The average Bonchev–Trinajstić information content (AvgIpc) is 2.89. The van der Waals surface area contributed by atoms with Crippen LogP contribution in [0.1, 0.15) is 31.2 Å². The molecule has 7 nitrogen and oxygen atoms in total. The second kappa shape index (κ2) is 10.8. The molecule has 8 heteroatoms. The number of hydrogen-bond donors (Lipinski definition) is 0. The first-order valence-corrected chi connectivity index (χ1v) is 12.7. The van der Waals surface area contributed by atoms with Gasteiger partial charge < -0.3 is 14.5 Å². The molecule has 3 aliphatic heterocycles. The van der Waals surface area contributed by atoms with Crippen molar-refractivity contribution in [3.8, 4) is 0 Å². The summed E-state index contributed by atoms with van der Waals surface area (Å²) < 4.78 is 5.59. The molecule has 0 amide bonds. The first kappa shape index (κ1) is 23.3. The van der Waals surface area contributed by atoms with E-state index in [-0.39, 0.29) is 0 Å². The molecule has 0 aliphatic carbocycles. The van der Waals surface area contributed by atoms with E-state index in [0.29, 0.717) is 12.0 Å². The van der Waals surface area contributed by atoms with Crippen molar-refractivity contribution in [2.24, 2.45) is 16.1 Å². The Morgan fingerprint density at radius 1 is 1.03 bits per heavy atom. The van der Waals surface area contributed by atoms with Gasteiger partial charge in [0.1, 0.15) is 11.7 Å². The Morgan fingerprint density at radius 3 is 2.62 bits per heavy atom. The minimum Gasteiger partial charge on any atom is -0.381 e. The van der Waals surface area contributed by atoms with Crippen molar-refractivity contribution in [1.82, 2.24) is 9.88 Å². The van der Waals surface area contributed by atoms with E-state index >= 15 is 0 Å². The van der Waals surface area contributed by atoms with Gasteiger partial charge in [0.15, 0.2) is 0 Å². The lowest BCUT2D eigenvalue weighted by Gasteiger charge is -2.37. The summed E-state index contributed by atoms with van der Waals surface area (Å²) in [5.41, 5.74) is 2.39. The summed E-state index contributed by atoms with van der Waals surface area (Å²) >= 11 is 6.46. The molecule has 0 unspecified atom stereocenters. The molecule has 4 heterocycles. The molecule has 34 heavy (non-hydrogen) atoms. The maximum absolute atomic E-state index is 6.46. The number of halogens is 1. The number of rotatable bonds is 3. The fraction of sp³-hybridized carbons (Fsp3) is 0.500. The fourth-order valence-corrected chi connectivity index (χ4v) is 5.51. The van der Waals surface area contributed by atoms with Gasteiger partial charge in [-0.25, -0.2) is 4.98 Å². The highest BCUT2D eigenvalue weighted by Crippen LogP contribution is 2.31. The Hall–Kier alpha value is -2.48. The number of amidine groups is 1. The first-order chi connectivity index (χ1) is 16.7. The zero-order valence-corrected chi connectivity index (χ0v) is 20.6. The van der Waals surface area contributed by atoms with E-state index in [0.717, 1.165) is 87.4 Å². The predicted octanol–water partition coefficient (Wildman–Crippen LogP) is 4.47. The molecule has 2 fully saturated rings. The van der Waals surface area contributed by atoms with E-state index in [4.69, 9.17) is 21.4 Å². The van der Waals surface area contributed by atoms with Crippen LogP contribution in [-0.4, -0.2) is 67.9 Å². The zero-order valence-electron chi connectivity index (χ0n) is 19.8. The van der Waals surface area contributed by atoms with Crippen molar-refractivity contribution in [2.75, 3.05) is 49.7 Å². The Labute approximate surface area is 207 Å². The van der Waals surface area contributed by atoms with Crippen molar-refractivity contribution >= 4 is 35.2 Å². The average molecular weight is 481 g/mol. The molecule has 0 radical (unpaired) electrons. The van der Waals surface area contributed by atoms with Crippen LogP contribution >= 0.6 is 11.6 Å². The first-order valence-electron chi connectivity index (χ1n) is 12.3. The van der Waals surface area contributed by atoms with Gasteiger partial charge in [-0.1, -0.05) is 17.7 Å². The Balaban J connectivity index is 1.39. The summed E-state index contributed by atoms with van der Waals surface area (Å²) in [6.45, 7) is 5.17. The molecule has 1 aromatic heterocycles. The molecule has 0 bridgehead atoms. The minimum absolute atomic E-state index is 0.344. The van der Waals surface area contributed by atoms with Crippen molar-refractivity contribution in [3.05, 3.63) is 53.2 Å². The summed E-state index contributed by atoms with van der Waals surface area (Å²) in [6.07, 6.45) is 7.95. The summed E-state index contributed by atoms with van der Waals surface area (Å²) in [5.74, 6) is 2.42. The van der Waals surface area contributed by atoms with E-state index < -0.39 is 0 Å². The van der Waals surface area contributed by atoms with E-state index in [2.05, 4.69) is 50.0 Å². The number of hydrogen-bond acceptors (Lipinski definition) is 7. The lowest BCUT2D eigenvalue weighted by molar-refractivity contribution is 0.0371. The van der Waals surface area contributed by atoms with E-state index in [1.54, 1.807) is 0 Å². The number of aromatic nitrogens is 1. The van der Waals surface area contributed by atoms with Crippen molar-refractivity contribution in [2.45, 2.75) is 38.3 Å². The number of ether oxygens (including phenoxy) is 1. The molecule has 5 rings (SSSR count). The number of benzene rings is 1. The number of anilines is 2. The lowest BCUT2D eigenvalue weighted by Crippen LogP contribution is -2.43. The van der Waals surface area contributed by atoms with Crippen LogP contribution in [0, 0.1) is 5.92 Å². The number of nitrogens with zero attached hydrogens (tertiary/aromatic N) is 6. The summed E-state index contributed by atoms with van der Waals surface area (Å²) in [5, 5.41) is 10.1. The van der Waals surface area contributed by atoms with Crippen LogP contribution in [0.3, 0.4) is 0 Å². The van der Waals surface area contributed by atoms with Gasteiger partial charge in [-0.2, -0.15) is 5.10 Å². The van der Waals surface area contributed by atoms with Crippen LogP contribution in [0.15, 0.2) is 52.8 Å². The van der Waals surface area contributed by atoms with Crippen LogP contribution in [-0.2, 0) is 11.3 Å². The lowest BCUT2D eigenvalue weighted by atomic mass is 9.94. The molecule has 2 saturated heterocycles. The van der Waals surface area contributed by atoms with Gasteiger partial charge in [-0.3, -0.25) is 4.90 Å². The van der Waals surface area contributed by atoms with Crippen LogP contribution in [0.25, 0.3) is 0 Å². The van der Waals surface area contributed by atoms with Gasteiger partial charge in [0, 0.05) is 81.5 Å². The highest BCUT2D eigenvalue weighted by molar-refractivity contribution is 6.30. The van der Waals surface area contributed by atoms with Crippen LogP contribution in [0.4, 0.5) is 11.5 Å². The molecule has 0 N–H and O–H groups in total. The second-order valence-corrected chi connectivity index (χ2v) is 9.75. The molecule has 0 atom stereocenters. The molecule has 1 aromatic carbocycles.